The molecule has 0 amide bonds. The SMILES string of the molecule is ClC1N=CC=CC1(Cl)C(Cl)(Cl)Cl. The standard InChI is InChI=1S/C6H4Cl5N/c7-4-5(8,6(9,10)11)2-1-3-12-4/h1-4H. The molecule has 0 fully saturated rings. The molecule has 0 saturated heterocycles. The summed E-state index contributed by atoms with van der Waals surface area (Å²) in [5.41, 5.74) is -0.767. The first-order valence-corrected chi connectivity index (χ1v) is 4.93. The summed E-state index contributed by atoms with van der Waals surface area (Å²) >= 11 is 28.7. The summed E-state index contributed by atoms with van der Waals surface area (Å²) in [6.07, 6.45) is 4.62. The van der Waals surface area contributed by atoms with Crippen LogP contribution in [0.25, 0.3) is 0 Å². The molecule has 0 saturated carbocycles. The number of allylic oxidation sites excluding steroid dienone is 1. The highest BCUT2D eigenvalue weighted by molar-refractivity contribution is 6.71. The predicted molar refractivity (Wildman–Crippen MR) is 56.1 cm³/mol. The molecule has 0 aliphatic carbocycles. The van der Waals surface area contributed by atoms with Gasteiger partial charge in [-0.15, -0.1) is 11.6 Å². The van der Waals surface area contributed by atoms with Crippen LogP contribution < -0.4 is 0 Å². The minimum atomic E-state index is -1.67. The van der Waals surface area contributed by atoms with Crippen LogP contribution in [0.1, 0.15) is 0 Å². The Kier molecular flexibility index (Phi) is 3.23. The molecule has 2 atom stereocenters. The molecular weight excluding hydrogens is 263 g/mol. The number of aliphatic imine (C=N–C) groups is 1. The summed E-state index contributed by atoms with van der Waals surface area (Å²) in [7, 11) is 0. The first kappa shape index (κ1) is 10.9. The lowest BCUT2D eigenvalue weighted by atomic mass is 10.1. The van der Waals surface area contributed by atoms with Gasteiger partial charge in [-0.1, -0.05) is 52.5 Å². The summed E-state index contributed by atoms with van der Waals surface area (Å²) < 4.78 is -1.67. The van der Waals surface area contributed by atoms with Crippen LogP contribution in [-0.2, 0) is 0 Å². The minimum Gasteiger partial charge on any atom is -0.271 e. The van der Waals surface area contributed by atoms with Crippen molar-refractivity contribution < 1.29 is 0 Å². The van der Waals surface area contributed by atoms with Crippen LogP contribution in [0.15, 0.2) is 17.1 Å². The van der Waals surface area contributed by atoms with Crippen molar-refractivity contribution in [2.45, 2.75) is 14.2 Å². The van der Waals surface area contributed by atoms with E-state index in [-0.39, 0.29) is 0 Å². The maximum Gasteiger partial charge on any atom is 0.216 e. The molecular formula is C6H4Cl5N. The number of alkyl halides is 5. The molecule has 0 N–H and O–H groups in total. The Morgan fingerprint density at radius 2 is 1.92 bits per heavy atom. The van der Waals surface area contributed by atoms with Gasteiger partial charge in [0.15, 0.2) is 5.50 Å². The van der Waals surface area contributed by atoms with Crippen LogP contribution in [0.3, 0.4) is 0 Å². The van der Waals surface area contributed by atoms with Gasteiger partial charge in [0.2, 0.25) is 3.79 Å². The highest BCUT2D eigenvalue weighted by Crippen LogP contribution is 2.48. The molecule has 0 bridgehead atoms. The van der Waals surface area contributed by atoms with E-state index in [1.165, 1.54) is 12.3 Å². The van der Waals surface area contributed by atoms with E-state index < -0.39 is 14.2 Å². The topological polar surface area (TPSA) is 12.4 Å². The molecule has 1 heterocycles. The van der Waals surface area contributed by atoms with Gasteiger partial charge in [-0.2, -0.15) is 0 Å². The van der Waals surface area contributed by atoms with Gasteiger partial charge in [-0.3, -0.25) is 4.99 Å². The molecule has 12 heavy (non-hydrogen) atoms. The average molecular weight is 267 g/mol. The lowest BCUT2D eigenvalue weighted by molar-refractivity contribution is 0.672. The maximum atomic E-state index is 5.97. The molecule has 0 aromatic heterocycles. The van der Waals surface area contributed by atoms with Gasteiger partial charge in [0.1, 0.15) is 4.87 Å². The fourth-order valence-corrected chi connectivity index (χ4v) is 1.82. The Hall–Kier alpha value is 0.860. The summed E-state index contributed by atoms with van der Waals surface area (Å²) in [5, 5.41) is 0. The van der Waals surface area contributed by atoms with Crippen molar-refractivity contribution in [2.24, 2.45) is 4.99 Å². The van der Waals surface area contributed by atoms with Crippen molar-refractivity contribution >= 4 is 64.2 Å². The van der Waals surface area contributed by atoms with Gasteiger partial charge >= 0.3 is 0 Å². The third-order valence-electron chi connectivity index (χ3n) is 1.42. The van der Waals surface area contributed by atoms with E-state index in [4.69, 9.17) is 58.0 Å². The second-order valence-electron chi connectivity index (χ2n) is 2.26. The number of dihydropyridines is 1. The van der Waals surface area contributed by atoms with E-state index in [0.717, 1.165) is 0 Å². The largest absolute Gasteiger partial charge is 0.271 e. The van der Waals surface area contributed by atoms with Crippen molar-refractivity contribution in [3.8, 4) is 0 Å². The monoisotopic (exact) mass is 265 g/mol. The van der Waals surface area contributed by atoms with Crippen LogP contribution in [0.5, 0.6) is 0 Å². The Morgan fingerprint density at radius 1 is 1.33 bits per heavy atom. The van der Waals surface area contributed by atoms with Crippen LogP contribution in [0.2, 0.25) is 0 Å². The normalized spacial score (nSPS) is 35.6. The lowest BCUT2D eigenvalue weighted by Crippen LogP contribution is -2.44. The highest BCUT2D eigenvalue weighted by Gasteiger charge is 2.51. The summed E-state index contributed by atoms with van der Waals surface area (Å²) in [5.74, 6) is 0. The molecule has 0 aromatic carbocycles. The van der Waals surface area contributed by atoms with Crippen LogP contribution in [0.4, 0.5) is 0 Å². The molecule has 1 aliphatic heterocycles. The second-order valence-corrected chi connectivity index (χ2v) is 5.58. The first-order valence-electron chi connectivity index (χ1n) is 2.98. The highest BCUT2D eigenvalue weighted by atomic mass is 35.6. The van der Waals surface area contributed by atoms with E-state index in [1.54, 1.807) is 6.08 Å². The van der Waals surface area contributed by atoms with Crippen molar-refractivity contribution in [3.05, 3.63) is 12.2 Å². The van der Waals surface area contributed by atoms with Crippen LogP contribution in [0, 0.1) is 0 Å². The predicted octanol–water partition coefficient (Wildman–Crippen LogP) is 3.54. The average Bonchev–Trinajstić information content (AvgIpc) is 1.93. The molecule has 1 nitrogen and oxygen atoms in total. The van der Waals surface area contributed by atoms with Gasteiger partial charge in [-0.05, 0) is 6.08 Å². The van der Waals surface area contributed by atoms with Crippen molar-refractivity contribution in [1.82, 2.24) is 0 Å². The minimum absolute atomic E-state index is 0.767. The number of nitrogens with zero attached hydrogens (tertiary/aromatic N) is 1. The summed E-state index contributed by atoms with van der Waals surface area (Å²) in [6.45, 7) is 0. The Morgan fingerprint density at radius 3 is 2.25 bits per heavy atom. The molecule has 6 heteroatoms. The van der Waals surface area contributed by atoms with E-state index in [1.807, 2.05) is 0 Å². The van der Waals surface area contributed by atoms with E-state index in [2.05, 4.69) is 4.99 Å². The zero-order valence-corrected chi connectivity index (χ0v) is 9.43. The lowest BCUT2D eigenvalue weighted by Gasteiger charge is -2.33. The van der Waals surface area contributed by atoms with Crippen molar-refractivity contribution in [2.75, 3.05) is 0 Å². The number of hydrogen-bond acceptors (Lipinski definition) is 1. The summed E-state index contributed by atoms with van der Waals surface area (Å²) in [6, 6.07) is 0. The Balaban J connectivity index is 2.99. The van der Waals surface area contributed by atoms with E-state index in [0.29, 0.717) is 0 Å². The molecule has 1 aliphatic rings. The molecule has 1 rings (SSSR count). The molecule has 0 aromatic rings. The Labute approximate surface area is 95.3 Å². The van der Waals surface area contributed by atoms with Gasteiger partial charge in [0.05, 0.1) is 0 Å². The number of halogens is 5. The zero-order valence-electron chi connectivity index (χ0n) is 5.65. The number of rotatable bonds is 0. The van der Waals surface area contributed by atoms with Gasteiger partial charge < -0.3 is 0 Å². The smallest absolute Gasteiger partial charge is 0.216 e. The quantitative estimate of drug-likeness (QED) is 0.470. The number of hydrogen-bond donors (Lipinski definition) is 0. The second kappa shape index (κ2) is 3.55. The maximum absolute atomic E-state index is 5.97. The van der Waals surface area contributed by atoms with Crippen LogP contribution in [-0.4, -0.2) is 20.4 Å². The van der Waals surface area contributed by atoms with Crippen molar-refractivity contribution in [3.63, 3.8) is 0 Å². The third kappa shape index (κ3) is 1.85. The molecule has 0 spiro atoms. The Bertz CT molecular complexity index is 231. The molecule has 0 radical (unpaired) electrons. The molecule has 68 valence electrons. The van der Waals surface area contributed by atoms with Gasteiger partial charge in [0, 0.05) is 6.21 Å². The van der Waals surface area contributed by atoms with Gasteiger partial charge in [-0.25, -0.2) is 0 Å². The first-order chi connectivity index (χ1) is 5.38. The van der Waals surface area contributed by atoms with Gasteiger partial charge in [0.25, 0.3) is 0 Å². The molecule has 2 unspecified atom stereocenters. The van der Waals surface area contributed by atoms with E-state index >= 15 is 0 Å². The van der Waals surface area contributed by atoms with E-state index in [9.17, 15) is 0 Å². The fourth-order valence-electron chi connectivity index (χ4n) is 0.726. The zero-order chi connectivity index (χ0) is 9.41. The third-order valence-corrected chi connectivity index (χ3v) is 3.84. The van der Waals surface area contributed by atoms with Crippen molar-refractivity contribution in [1.29, 1.82) is 0 Å². The van der Waals surface area contributed by atoms with Crippen LogP contribution >= 0.6 is 58.0 Å². The summed E-state index contributed by atoms with van der Waals surface area (Å²) in [4.78, 5) is 2.55. The fraction of sp³-hybridized carbons (Fsp3) is 0.500.